The zero-order valence-electron chi connectivity index (χ0n) is 11.0. The molecular weight excluding hydrogens is 302 g/mol. The summed E-state index contributed by atoms with van der Waals surface area (Å²) in [5, 5.41) is 0. The first-order valence-electron chi connectivity index (χ1n) is 6.25. The van der Waals surface area contributed by atoms with E-state index in [0.717, 1.165) is 28.8 Å². The number of benzene rings is 1. The molecule has 1 heterocycles. The molecule has 0 unspecified atom stereocenters. The van der Waals surface area contributed by atoms with Crippen molar-refractivity contribution in [3.63, 3.8) is 0 Å². The van der Waals surface area contributed by atoms with Crippen LogP contribution in [0.15, 0.2) is 47.1 Å². The highest BCUT2D eigenvalue weighted by Gasteiger charge is 2.05. The van der Waals surface area contributed by atoms with E-state index >= 15 is 0 Å². The molecular formula is C15H18BrN3. The average molecular weight is 320 g/mol. The molecule has 0 amide bonds. The molecule has 0 spiro atoms. The number of pyridine rings is 1. The van der Waals surface area contributed by atoms with Crippen molar-refractivity contribution >= 4 is 15.9 Å². The maximum Gasteiger partial charge on any atom is 0.0544 e. The van der Waals surface area contributed by atoms with Crippen LogP contribution in [0.5, 0.6) is 0 Å². The van der Waals surface area contributed by atoms with Gasteiger partial charge in [0.1, 0.15) is 0 Å². The second kappa shape index (κ2) is 6.80. The van der Waals surface area contributed by atoms with Gasteiger partial charge in [-0.15, -0.1) is 0 Å². The SMILES string of the molecule is CN(Cc1ccc(CN)cn1)Cc1ccccc1Br. The van der Waals surface area contributed by atoms with Gasteiger partial charge in [0.15, 0.2) is 0 Å². The minimum absolute atomic E-state index is 0.542. The smallest absolute Gasteiger partial charge is 0.0544 e. The van der Waals surface area contributed by atoms with Crippen LogP contribution in [-0.4, -0.2) is 16.9 Å². The molecule has 0 saturated carbocycles. The van der Waals surface area contributed by atoms with Crippen LogP contribution in [0, 0.1) is 0 Å². The molecule has 0 saturated heterocycles. The lowest BCUT2D eigenvalue weighted by Gasteiger charge is -2.17. The topological polar surface area (TPSA) is 42.1 Å². The van der Waals surface area contributed by atoms with E-state index in [0.29, 0.717) is 6.54 Å². The Morgan fingerprint density at radius 1 is 1.16 bits per heavy atom. The number of nitrogens with zero attached hydrogens (tertiary/aromatic N) is 2. The summed E-state index contributed by atoms with van der Waals surface area (Å²) in [5.74, 6) is 0. The number of rotatable bonds is 5. The van der Waals surface area contributed by atoms with Crippen molar-refractivity contribution < 1.29 is 0 Å². The molecule has 0 aliphatic carbocycles. The summed E-state index contributed by atoms with van der Waals surface area (Å²) in [7, 11) is 2.10. The Morgan fingerprint density at radius 3 is 2.58 bits per heavy atom. The second-order valence-electron chi connectivity index (χ2n) is 4.63. The van der Waals surface area contributed by atoms with Gasteiger partial charge in [0.25, 0.3) is 0 Å². The maximum absolute atomic E-state index is 5.56. The van der Waals surface area contributed by atoms with Crippen LogP contribution in [0.1, 0.15) is 16.8 Å². The molecule has 100 valence electrons. The predicted molar refractivity (Wildman–Crippen MR) is 81.4 cm³/mol. The molecule has 0 radical (unpaired) electrons. The normalized spacial score (nSPS) is 10.9. The van der Waals surface area contributed by atoms with Gasteiger partial charge in [0.2, 0.25) is 0 Å². The standard InChI is InChI=1S/C15H18BrN3/c1-19(10-13-4-2-3-5-15(13)16)11-14-7-6-12(8-17)9-18-14/h2-7,9H,8,10-11,17H2,1H3. The van der Waals surface area contributed by atoms with E-state index in [4.69, 9.17) is 5.73 Å². The van der Waals surface area contributed by atoms with E-state index in [9.17, 15) is 0 Å². The molecule has 0 fully saturated rings. The summed E-state index contributed by atoms with van der Waals surface area (Å²) >= 11 is 3.57. The Balaban J connectivity index is 1.97. The molecule has 1 aromatic carbocycles. The average Bonchev–Trinajstić information content (AvgIpc) is 2.42. The molecule has 4 heteroatoms. The third kappa shape index (κ3) is 4.13. The van der Waals surface area contributed by atoms with Gasteiger partial charge in [-0.1, -0.05) is 40.2 Å². The number of hydrogen-bond donors (Lipinski definition) is 1. The van der Waals surface area contributed by atoms with Crippen LogP contribution in [0.2, 0.25) is 0 Å². The van der Waals surface area contributed by atoms with Gasteiger partial charge < -0.3 is 5.73 Å². The molecule has 19 heavy (non-hydrogen) atoms. The monoisotopic (exact) mass is 319 g/mol. The van der Waals surface area contributed by atoms with Gasteiger partial charge in [-0.05, 0) is 30.3 Å². The fourth-order valence-electron chi connectivity index (χ4n) is 1.92. The zero-order valence-corrected chi connectivity index (χ0v) is 12.6. The highest BCUT2D eigenvalue weighted by Crippen LogP contribution is 2.17. The summed E-state index contributed by atoms with van der Waals surface area (Å²) in [6.45, 7) is 2.26. The molecule has 0 aliphatic heterocycles. The van der Waals surface area contributed by atoms with Crippen molar-refractivity contribution in [2.75, 3.05) is 7.05 Å². The van der Waals surface area contributed by atoms with Crippen LogP contribution in [-0.2, 0) is 19.6 Å². The predicted octanol–water partition coefficient (Wildman–Crippen LogP) is 2.93. The van der Waals surface area contributed by atoms with Crippen molar-refractivity contribution in [2.24, 2.45) is 5.73 Å². The van der Waals surface area contributed by atoms with Crippen LogP contribution in [0.3, 0.4) is 0 Å². The Bertz CT molecular complexity index is 525. The second-order valence-corrected chi connectivity index (χ2v) is 5.48. The Labute approximate surface area is 122 Å². The molecule has 2 aromatic rings. The first-order valence-corrected chi connectivity index (χ1v) is 7.04. The van der Waals surface area contributed by atoms with Crippen LogP contribution >= 0.6 is 15.9 Å². The van der Waals surface area contributed by atoms with E-state index in [1.165, 1.54) is 5.56 Å². The fraction of sp³-hybridized carbons (Fsp3) is 0.267. The third-order valence-electron chi connectivity index (χ3n) is 2.95. The van der Waals surface area contributed by atoms with Crippen molar-refractivity contribution in [2.45, 2.75) is 19.6 Å². The summed E-state index contributed by atoms with van der Waals surface area (Å²) in [5.41, 5.74) is 8.97. The zero-order chi connectivity index (χ0) is 13.7. The third-order valence-corrected chi connectivity index (χ3v) is 3.73. The molecule has 2 rings (SSSR count). The maximum atomic E-state index is 5.56. The van der Waals surface area contributed by atoms with Crippen molar-refractivity contribution in [3.05, 3.63) is 63.9 Å². The van der Waals surface area contributed by atoms with Crippen LogP contribution in [0.4, 0.5) is 0 Å². The van der Waals surface area contributed by atoms with Crippen molar-refractivity contribution in [1.82, 2.24) is 9.88 Å². The first kappa shape index (κ1) is 14.2. The van der Waals surface area contributed by atoms with E-state index in [1.807, 2.05) is 24.4 Å². The number of halogens is 1. The minimum atomic E-state index is 0.542. The van der Waals surface area contributed by atoms with E-state index in [2.05, 4.69) is 51.1 Å². The Hall–Kier alpha value is -1.23. The number of hydrogen-bond acceptors (Lipinski definition) is 3. The van der Waals surface area contributed by atoms with Gasteiger partial charge in [-0.3, -0.25) is 9.88 Å². The summed E-state index contributed by atoms with van der Waals surface area (Å²) in [6, 6.07) is 12.4. The van der Waals surface area contributed by atoms with Crippen molar-refractivity contribution in [3.8, 4) is 0 Å². The lowest BCUT2D eigenvalue weighted by Crippen LogP contribution is -2.18. The lowest BCUT2D eigenvalue weighted by molar-refractivity contribution is 0.314. The van der Waals surface area contributed by atoms with Gasteiger partial charge in [-0.2, -0.15) is 0 Å². The molecule has 0 bridgehead atoms. The summed E-state index contributed by atoms with van der Waals surface area (Å²) in [4.78, 5) is 6.66. The van der Waals surface area contributed by atoms with Gasteiger partial charge in [-0.25, -0.2) is 0 Å². The van der Waals surface area contributed by atoms with Crippen LogP contribution in [0.25, 0.3) is 0 Å². The Morgan fingerprint density at radius 2 is 1.95 bits per heavy atom. The van der Waals surface area contributed by atoms with Gasteiger partial charge in [0, 0.05) is 30.3 Å². The van der Waals surface area contributed by atoms with Crippen molar-refractivity contribution in [1.29, 1.82) is 0 Å². The van der Waals surface area contributed by atoms with E-state index < -0.39 is 0 Å². The molecule has 2 N–H and O–H groups in total. The Kier molecular flexibility index (Phi) is 5.07. The lowest BCUT2D eigenvalue weighted by atomic mass is 10.2. The number of nitrogens with two attached hydrogens (primary N) is 1. The van der Waals surface area contributed by atoms with E-state index in [1.54, 1.807) is 0 Å². The fourth-order valence-corrected chi connectivity index (χ4v) is 2.33. The summed E-state index contributed by atoms with van der Waals surface area (Å²) in [6.07, 6.45) is 1.85. The molecule has 0 aliphatic rings. The minimum Gasteiger partial charge on any atom is -0.326 e. The quantitative estimate of drug-likeness (QED) is 0.921. The summed E-state index contributed by atoms with van der Waals surface area (Å²) < 4.78 is 1.15. The highest BCUT2D eigenvalue weighted by molar-refractivity contribution is 9.10. The largest absolute Gasteiger partial charge is 0.326 e. The van der Waals surface area contributed by atoms with Crippen LogP contribution < -0.4 is 5.73 Å². The van der Waals surface area contributed by atoms with Gasteiger partial charge >= 0.3 is 0 Å². The molecule has 1 aromatic heterocycles. The highest BCUT2D eigenvalue weighted by atomic mass is 79.9. The molecule has 3 nitrogen and oxygen atoms in total. The molecule has 0 atom stereocenters. The van der Waals surface area contributed by atoms with E-state index in [-0.39, 0.29) is 0 Å². The van der Waals surface area contributed by atoms with Gasteiger partial charge in [0.05, 0.1) is 5.69 Å². The number of aromatic nitrogens is 1. The first-order chi connectivity index (χ1) is 9.19.